The van der Waals surface area contributed by atoms with Gasteiger partial charge < -0.3 is 5.32 Å². The highest BCUT2D eigenvalue weighted by molar-refractivity contribution is 6.29. The predicted octanol–water partition coefficient (Wildman–Crippen LogP) is 3.02. The van der Waals surface area contributed by atoms with Crippen molar-refractivity contribution in [1.29, 1.82) is 0 Å². The Balaban J connectivity index is 2.07. The van der Waals surface area contributed by atoms with Gasteiger partial charge in [-0.1, -0.05) is 42.4 Å². The van der Waals surface area contributed by atoms with E-state index in [0.29, 0.717) is 17.6 Å². The fourth-order valence-corrected chi connectivity index (χ4v) is 2.08. The van der Waals surface area contributed by atoms with Crippen molar-refractivity contribution in [2.45, 2.75) is 18.9 Å². The topological polar surface area (TPSA) is 12.0 Å². The van der Waals surface area contributed by atoms with Crippen molar-refractivity contribution in [2.24, 2.45) is 0 Å². The summed E-state index contributed by atoms with van der Waals surface area (Å²) in [6.45, 7) is 4.37. The largest absolute Gasteiger partial charge is 0.305 e. The third-order valence-electron chi connectivity index (χ3n) is 2.67. The predicted molar refractivity (Wildman–Crippen MR) is 60.5 cm³/mol. The van der Waals surface area contributed by atoms with Gasteiger partial charge in [-0.05, 0) is 24.0 Å². The van der Waals surface area contributed by atoms with Gasteiger partial charge in [0.1, 0.15) is 0 Å². The highest BCUT2D eigenvalue weighted by Crippen LogP contribution is 2.30. The Morgan fingerprint density at radius 1 is 1.50 bits per heavy atom. The molecule has 0 bridgehead atoms. The molecule has 0 saturated heterocycles. The lowest BCUT2D eigenvalue weighted by Gasteiger charge is -2.12. The lowest BCUT2D eigenvalue weighted by Crippen LogP contribution is -2.20. The van der Waals surface area contributed by atoms with E-state index in [2.05, 4.69) is 36.2 Å². The first-order valence-corrected chi connectivity index (χ1v) is 5.29. The summed E-state index contributed by atoms with van der Waals surface area (Å²) >= 11 is 5.73. The van der Waals surface area contributed by atoms with Crippen LogP contribution in [-0.2, 0) is 6.42 Å². The Labute approximate surface area is 89.8 Å². The van der Waals surface area contributed by atoms with Crippen LogP contribution < -0.4 is 5.32 Å². The van der Waals surface area contributed by atoms with Crippen LogP contribution in [0.4, 0.5) is 0 Å². The summed E-state index contributed by atoms with van der Waals surface area (Å²) in [6.07, 6.45) is 2.34. The highest BCUT2D eigenvalue weighted by Gasteiger charge is 2.20. The maximum atomic E-state index is 5.73. The molecule has 0 spiro atoms. The SMILES string of the molecule is [13CH2]=[13C](Cl)[13CH2]NC1CCc2ccccc21. The third-order valence-corrected chi connectivity index (χ3v) is 2.81. The van der Waals surface area contributed by atoms with Crippen LogP contribution in [-0.4, -0.2) is 6.54 Å². The molecule has 0 saturated carbocycles. The van der Waals surface area contributed by atoms with E-state index in [1.807, 2.05) is 0 Å². The summed E-state index contributed by atoms with van der Waals surface area (Å²) in [7, 11) is 0. The molecule has 1 aromatic carbocycles. The molecule has 1 aliphatic carbocycles. The summed E-state index contributed by atoms with van der Waals surface area (Å²) < 4.78 is 0. The zero-order chi connectivity index (χ0) is 9.97. The second-order valence-corrected chi connectivity index (χ2v) is 4.22. The first-order chi connectivity index (χ1) is 6.77. The van der Waals surface area contributed by atoms with E-state index in [-0.39, 0.29) is 0 Å². The summed E-state index contributed by atoms with van der Waals surface area (Å²) in [5, 5.41) is 4.08. The quantitative estimate of drug-likeness (QED) is 0.757. The van der Waals surface area contributed by atoms with Gasteiger partial charge in [0.15, 0.2) is 0 Å². The normalized spacial score (nSPS) is 19.4. The standard InChI is InChI=1S/C12H14ClN/c1-9(13)8-14-12-7-6-10-4-2-3-5-11(10)12/h2-5,12,14H,1,6-8H2/i1+1,8+1,9+1. The maximum absolute atomic E-state index is 5.73. The lowest BCUT2D eigenvalue weighted by molar-refractivity contribution is 0.562. The highest BCUT2D eigenvalue weighted by atomic mass is 35.5. The van der Waals surface area contributed by atoms with Gasteiger partial charge in [0, 0.05) is 17.6 Å². The van der Waals surface area contributed by atoms with Crippen LogP contribution in [0.2, 0.25) is 0 Å². The van der Waals surface area contributed by atoms with Gasteiger partial charge in [0.25, 0.3) is 0 Å². The van der Waals surface area contributed by atoms with Gasteiger partial charge in [0.2, 0.25) is 0 Å². The molecule has 1 aromatic rings. The molecular formula is C12H14ClN. The van der Waals surface area contributed by atoms with Crippen molar-refractivity contribution in [1.82, 2.24) is 5.32 Å². The minimum absolute atomic E-state index is 0.460. The van der Waals surface area contributed by atoms with Gasteiger partial charge in [-0.15, -0.1) is 0 Å². The summed E-state index contributed by atoms with van der Waals surface area (Å²) in [6, 6.07) is 9.04. The average Bonchev–Trinajstić information content (AvgIpc) is 2.58. The molecule has 0 radical (unpaired) electrons. The molecule has 14 heavy (non-hydrogen) atoms. The second kappa shape index (κ2) is 4.16. The van der Waals surface area contributed by atoms with Crippen LogP contribution in [0, 0.1) is 0 Å². The van der Waals surface area contributed by atoms with Crippen LogP contribution >= 0.6 is 11.6 Å². The monoisotopic (exact) mass is 210 g/mol. The number of hydrogen-bond donors (Lipinski definition) is 1. The lowest BCUT2D eigenvalue weighted by atomic mass is 10.1. The Hall–Kier alpha value is -0.790. The van der Waals surface area contributed by atoms with Crippen molar-refractivity contribution in [3.05, 3.63) is 47.0 Å². The van der Waals surface area contributed by atoms with Crippen LogP contribution in [0.3, 0.4) is 0 Å². The molecule has 0 amide bonds. The van der Waals surface area contributed by atoms with E-state index < -0.39 is 0 Å². The van der Waals surface area contributed by atoms with Crippen LogP contribution in [0.5, 0.6) is 0 Å². The number of hydrogen-bond acceptors (Lipinski definition) is 1. The molecule has 0 aromatic heterocycles. The zero-order valence-electron chi connectivity index (χ0n) is 8.09. The average molecular weight is 211 g/mol. The first-order valence-electron chi connectivity index (χ1n) is 4.92. The van der Waals surface area contributed by atoms with E-state index in [4.69, 9.17) is 11.6 Å². The number of aryl methyl sites for hydroxylation is 1. The van der Waals surface area contributed by atoms with Crippen molar-refractivity contribution >= 4 is 11.6 Å². The minimum atomic E-state index is 0.460. The molecule has 74 valence electrons. The first kappa shape index (κ1) is 9.75. The van der Waals surface area contributed by atoms with Gasteiger partial charge in [-0.2, -0.15) is 0 Å². The number of nitrogens with one attached hydrogen (secondary N) is 1. The number of benzene rings is 1. The fourth-order valence-electron chi connectivity index (χ4n) is 2.00. The second-order valence-electron chi connectivity index (χ2n) is 3.69. The molecule has 1 aliphatic rings. The summed E-state index contributed by atoms with van der Waals surface area (Å²) in [5.74, 6) is 0. The molecule has 1 atom stereocenters. The molecule has 1 N–H and O–H groups in total. The third kappa shape index (κ3) is 1.99. The molecule has 0 heterocycles. The zero-order valence-corrected chi connectivity index (χ0v) is 8.85. The van der Waals surface area contributed by atoms with E-state index in [1.54, 1.807) is 0 Å². The Morgan fingerprint density at radius 3 is 3.07 bits per heavy atom. The minimum Gasteiger partial charge on any atom is -0.305 e. The molecule has 2 rings (SSSR count). The molecule has 0 fully saturated rings. The van der Waals surface area contributed by atoms with Crippen LogP contribution in [0.15, 0.2) is 35.9 Å². The van der Waals surface area contributed by atoms with Crippen molar-refractivity contribution < 1.29 is 0 Å². The van der Waals surface area contributed by atoms with E-state index in [0.717, 1.165) is 0 Å². The van der Waals surface area contributed by atoms with Gasteiger partial charge in [0.05, 0.1) is 0 Å². The van der Waals surface area contributed by atoms with Crippen LogP contribution in [0.25, 0.3) is 0 Å². The Bertz CT molecular complexity index is 346. The smallest absolute Gasteiger partial charge is 0.0329 e. The summed E-state index contributed by atoms with van der Waals surface area (Å²) in [5.41, 5.74) is 2.88. The fraction of sp³-hybridized carbons (Fsp3) is 0.333. The summed E-state index contributed by atoms with van der Waals surface area (Å²) in [4.78, 5) is 0. The molecule has 1 unspecified atom stereocenters. The van der Waals surface area contributed by atoms with Gasteiger partial charge in [-0.3, -0.25) is 0 Å². The van der Waals surface area contributed by atoms with Crippen molar-refractivity contribution in [3.63, 3.8) is 0 Å². The van der Waals surface area contributed by atoms with Crippen molar-refractivity contribution in [2.75, 3.05) is 6.54 Å². The van der Waals surface area contributed by atoms with Crippen LogP contribution in [0.1, 0.15) is 23.6 Å². The maximum Gasteiger partial charge on any atom is 0.0329 e. The Kier molecular flexibility index (Phi) is 2.90. The van der Waals surface area contributed by atoms with E-state index >= 15 is 0 Å². The Morgan fingerprint density at radius 2 is 2.29 bits per heavy atom. The molecule has 2 heteroatoms. The van der Waals surface area contributed by atoms with Gasteiger partial charge >= 0.3 is 0 Å². The number of halogens is 1. The molecular weight excluding hydrogens is 197 g/mol. The van der Waals surface area contributed by atoms with Crippen molar-refractivity contribution in [3.8, 4) is 0 Å². The van der Waals surface area contributed by atoms with Gasteiger partial charge in [-0.25, -0.2) is 0 Å². The van der Waals surface area contributed by atoms with E-state index in [1.165, 1.54) is 24.0 Å². The number of fused-ring (bicyclic) bond motifs is 1. The number of rotatable bonds is 3. The molecule has 0 aliphatic heterocycles. The van der Waals surface area contributed by atoms with E-state index in [9.17, 15) is 0 Å². The molecule has 1 nitrogen and oxygen atoms in total.